The fourth-order valence-electron chi connectivity index (χ4n) is 3.78. The van der Waals surface area contributed by atoms with Gasteiger partial charge in [0.05, 0.1) is 14.2 Å². The zero-order valence-corrected chi connectivity index (χ0v) is 16.9. The number of hydrogen-bond acceptors (Lipinski definition) is 2. The Morgan fingerprint density at radius 1 is 0.600 bits per heavy atom. The van der Waals surface area contributed by atoms with Gasteiger partial charge in [-0.2, -0.15) is 0 Å². The number of ether oxygens (including phenoxy) is 2. The van der Waals surface area contributed by atoms with Crippen LogP contribution in [0.15, 0.2) is 30.3 Å². The number of methoxy groups -OCH3 is 2. The minimum Gasteiger partial charge on any atom is -0.496 e. The zero-order chi connectivity index (χ0) is 18.7. The Morgan fingerprint density at radius 2 is 1.04 bits per heavy atom. The summed E-state index contributed by atoms with van der Waals surface area (Å²) in [5, 5.41) is 0. The first kappa shape index (κ1) is 19.4. The van der Waals surface area contributed by atoms with Gasteiger partial charge in [0.25, 0.3) is 0 Å². The van der Waals surface area contributed by atoms with Crippen molar-refractivity contribution in [3.05, 3.63) is 47.0 Å². The summed E-state index contributed by atoms with van der Waals surface area (Å²) in [6, 6.07) is 10.5. The van der Waals surface area contributed by atoms with E-state index in [9.17, 15) is 0 Å². The van der Waals surface area contributed by atoms with Crippen LogP contribution in [0, 0.1) is 0 Å². The maximum atomic E-state index is 6.02. The van der Waals surface area contributed by atoms with Crippen molar-refractivity contribution in [2.75, 3.05) is 14.2 Å². The molecule has 0 aliphatic heterocycles. The Bertz CT molecular complexity index is 713. The van der Waals surface area contributed by atoms with E-state index < -0.39 is 0 Å². The number of rotatable bonds is 6. The predicted molar refractivity (Wildman–Crippen MR) is 107 cm³/mol. The van der Waals surface area contributed by atoms with Gasteiger partial charge in [-0.05, 0) is 23.3 Å². The highest BCUT2D eigenvalue weighted by atomic mass is 16.5. The normalized spacial score (nSPS) is 11.5. The molecule has 0 atom stereocenters. The first-order chi connectivity index (χ1) is 11.8. The third kappa shape index (κ3) is 3.53. The van der Waals surface area contributed by atoms with Crippen LogP contribution in [0.5, 0.6) is 11.5 Å². The molecular formula is C23H32O2. The second-order valence-corrected chi connectivity index (χ2v) is 7.51. The molecule has 0 radical (unpaired) electrons. The lowest BCUT2D eigenvalue weighted by atomic mass is 9.80. The van der Waals surface area contributed by atoms with E-state index in [0.29, 0.717) is 17.8 Å². The number of hydrogen-bond donors (Lipinski definition) is 0. The molecule has 0 fully saturated rings. The van der Waals surface area contributed by atoms with Gasteiger partial charge in [0.2, 0.25) is 0 Å². The maximum Gasteiger partial charge on any atom is 0.130 e. The summed E-state index contributed by atoms with van der Waals surface area (Å²) >= 11 is 0. The summed E-state index contributed by atoms with van der Waals surface area (Å²) in [6.07, 6.45) is 0. The topological polar surface area (TPSA) is 18.5 Å². The second kappa shape index (κ2) is 7.95. The lowest BCUT2D eigenvalue weighted by molar-refractivity contribution is 0.385. The molecule has 0 heterocycles. The summed E-state index contributed by atoms with van der Waals surface area (Å²) in [4.78, 5) is 0. The molecule has 2 aromatic carbocycles. The summed E-state index contributed by atoms with van der Waals surface area (Å²) in [5.41, 5.74) is 6.12. The quantitative estimate of drug-likeness (QED) is 0.579. The first-order valence-corrected chi connectivity index (χ1v) is 9.22. The Morgan fingerprint density at radius 3 is 1.44 bits per heavy atom. The van der Waals surface area contributed by atoms with Crippen LogP contribution in [0.4, 0.5) is 0 Å². The predicted octanol–water partition coefficient (Wildman–Crippen LogP) is 6.74. The lowest BCUT2D eigenvalue weighted by Gasteiger charge is -2.29. The molecule has 0 unspecified atom stereocenters. The van der Waals surface area contributed by atoms with E-state index in [4.69, 9.17) is 9.47 Å². The van der Waals surface area contributed by atoms with Crippen molar-refractivity contribution in [2.24, 2.45) is 0 Å². The van der Waals surface area contributed by atoms with Gasteiger partial charge >= 0.3 is 0 Å². The molecule has 0 saturated heterocycles. The van der Waals surface area contributed by atoms with Crippen LogP contribution in [0.1, 0.15) is 76.0 Å². The molecule has 25 heavy (non-hydrogen) atoms. The lowest BCUT2D eigenvalue weighted by Crippen LogP contribution is -2.11. The molecular weight excluding hydrogens is 308 g/mol. The van der Waals surface area contributed by atoms with Crippen LogP contribution in [-0.2, 0) is 0 Å². The van der Waals surface area contributed by atoms with Gasteiger partial charge < -0.3 is 9.47 Å². The van der Waals surface area contributed by atoms with Gasteiger partial charge in [0.15, 0.2) is 0 Å². The fraction of sp³-hybridized carbons (Fsp3) is 0.478. The summed E-state index contributed by atoms with van der Waals surface area (Å²) in [7, 11) is 3.58. The van der Waals surface area contributed by atoms with Gasteiger partial charge in [-0.3, -0.25) is 0 Å². The molecule has 0 spiro atoms. The van der Waals surface area contributed by atoms with Crippen LogP contribution in [0.25, 0.3) is 11.1 Å². The van der Waals surface area contributed by atoms with E-state index >= 15 is 0 Å². The average Bonchev–Trinajstić information content (AvgIpc) is 2.59. The molecule has 0 saturated carbocycles. The molecule has 2 rings (SSSR count). The average molecular weight is 341 g/mol. The largest absolute Gasteiger partial charge is 0.496 e. The van der Waals surface area contributed by atoms with Crippen LogP contribution in [0.2, 0.25) is 0 Å². The van der Waals surface area contributed by atoms with Gasteiger partial charge in [0.1, 0.15) is 11.5 Å². The van der Waals surface area contributed by atoms with Gasteiger partial charge in [-0.25, -0.2) is 0 Å². The van der Waals surface area contributed by atoms with Gasteiger partial charge in [-0.15, -0.1) is 0 Å². The molecule has 0 aliphatic rings. The molecule has 0 bridgehead atoms. The van der Waals surface area contributed by atoms with Crippen molar-refractivity contribution in [3.63, 3.8) is 0 Å². The van der Waals surface area contributed by atoms with Gasteiger partial charge in [-0.1, -0.05) is 71.9 Å². The van der Waals surface area contributed by atoms with Crippen LogP contribution < -0.4 is 9.47 Å². The highest BCUT2D eigenvalue weighted by Gasteiger charge is 2.29. The second-order valence-electron chi connectivity index (χ2n) is 7.51. The van der Waals surface area contributed by atoms with Crippen LogP contribution in [-0.4, -0.2) is 14.2 Å². The van der Waals surface area contributed by atoms with Crippen molar-refractivity contribution in [2.45, 2.75) is 59.3 Å². The van der Waals surface area contributed by atoms with Crippen molar-refractivity contribution < 1.29 is 9.47 Å². The van der Waals surface area contributed by atoms with Gasteiger partial charge in [0, 0.05) is 22.3 Å². The SMILES string of the molecule is COc1c(-c2ccccc2)c(C(C)C)c(OC)c(C(C)C)c1C(C)C. The van der Waals surface area contributed by atoms with E-state index in [1.165, 1.54) is 27.8 Å². The van der Waals surface area contributed by atoms with Crippen molar-refractivity contribution in [1.29, 1.82) is 0 Å². The molecule has 0 aliphatic carbocycles. The number of benzene rings is 2. The van der Waals surface area contributed by atoms with E-state index in [-0.39, 0.29) is 0 Å². The third-order valence-electron chi connectivity index (χ3n) is 4.72. The fourth-order valence-corrected chi connectivity index (χ4v) is 3.78. The smallest absolute Gasteiger partial charge is 0.130 e. The zero-order valence-electron chi connectivity index (χ0n) is 16.9. The third-order valence-corrected chi connectivity index (χ3v) is 4.72. The Kier molecular flexibility index (Phi) is 6.16. The first-order valence-electron chi connectivity index (χ1n) is 9.22. The summed E-state index contributed by atoms with van der Waals surface area (Å²) in [5.74, 6) is 3.06. The van der Waals surface area contributed by atoms with Crippen LogP contribution in [0.3, 0.4) is 0 Å². The minimum atomic E-state index is 0.331. The van der Waals surface area contributed by atoms with E-state index in [2.05, 4.69) is 65.8 Å². The summed E-state index contributed by atoms with van der Waals surface area (Å²) in [6.45, 7) is 13.4. The molecule has 2 aromatic rings. The molecule has 0 aromatic heterocycles. The maximum absolute atomic E-state index is 6.02. The molecule has 2 nitrogen and oxygen atoms in total. The van der Waals surface area contributed by atoms with Crippen LogP contribution >= 0.6 is 0 Å². The molecule has 0 N–H and O–H groups in total. The summed E-state index contributed by atoms with van der Waals surface area (Å²) < 4.78 is 12.0. The van der Waals surface area contributed by atoms with Crippen molar-refractivity contribution in [1.82, 2.24) is 0 Å². The Labute approximate surface area is 153 Å². The Balaban J connectivity index is 3.07. The van der Waals surface area contributed by atoms with E-state index in [1.807, 2.05) is 6.07 Å². The highest BCUT2D eigenvalue weighted by Crippen LogP contribution is 2.51. The minimum absolute atomic E-state index is 0.331. The van der Waals surface area contributed by atoms with E-state index in [1.54, 1.807) is 14.2 Å². The molecule has 136 valence electrons. The standard InChI is InChI=1S/C23H32O2/c1-14(2)18-19(15(3)4)23(25-8)21(17-12-10-9-11-13-17)20(16(5)6)22(18)24-7/h9-16H,1-8H3. The molecule has 2 heteroatoms. The van der Waals surface area contributed by atoms with Crippen molar-refractivity contribution >= 4 is 0 Å². The molecule has 0 amide bonds. The van der Waals surface area contributed by atoms with Crippen molar-refractivity contribution in [3.8, 4) is 22.6 Å². The highest BCUT2D eigenvalue weighted by molar-refractivity contribution is 5.81. The Hall–Kier alpha value is -1.96. The van der Waals surface area contributed by atoms with E-state index in [0.717, 1.165) is 11.5 Å². The monoisotopic (exact) mass is 340 g/mol.